The van der Waals surface area contributed by atoms with Crippen LogP contribution in [0.2, 0.25) is 5.02 Å². The molecule has 6 heteroatoms. The van der Waals surface area contributed by atoms with E-state index >= 15 is 0 Å². The fourth-order valence-electron chi connectivity index (χ4n) is 3.88. The lowest BCUT2D eigenvalue weighted by atomic mass is 9.77. The smallest absolute Gasteiger partial charge is 0.223 e. The molecule has 1 N–H and O–H groups in total. The minimum absolute atomic E-state index is 0.0781. The molecule has 0 bridgehead atoms. The number of amides is 1. The van der Waals surface area contributed by atoms with Crippen molar-refractivity contribution in [3.8, 4) is 0 Å². The molecule has 1 aromatic carbocycles. The van der Waals surface area contributed by atoms with Gasteiger partial charge in [0.2, 0.25) is 5.91 Å². The number of ether oxygens (including phenoxy) is 1. The van der Waals surface area contributed by atoms with Crippen LogP contribution in [0.5, 0.6) is 0 Å². The van der Waals surface area contributed by atoms with Gasteiger partial charge >= 0.3 is 0 Å². The Morgan fingerprint density at radius 1 is 1.16 bits per heavy atom. The monoisotopic (exact) mass is 366 g/mol. The molecule has 5 nitrogen and oxygen atoms in total. The van der Waals surface area contributed by atoms with Crippen molar-refractivity contribution in [1.29, 1.82) is 0 Å². The fraction of sp³-hybridized carbons (Fsp3) is 0.632. The summed E-state index contributed by atoms with van der Waals surface area (Å²) in [7, 11) is 0. The lowest BCUT2D eigenvalue weighted by Crippen LogP contribution is -2.42. The number of likely N-dealkylation sites (tertiary alicyclic amines) is 2. The number of nitrogens with zero attached hydrogens (tertiary/aromatic N) is 2. The zero-order valence-electron chi connectivity index (χ0n) is 14.6. The van der Waals surface area contributed by atoms with Crippen molar-refractivity contribution in [2.24, 2.45) is 5.41 Å². The lowest BCUT2D eigenvalue weighted by Gasteiger charge is -2.38. The van der Waals surface area contributed by atoms with Crippen molar-refractivity contribution in [1.82, 2.24) is 9.80 Å². The summed E-state index contributed by atoms with van der Waals surface area (Å²) in [5.74, 6) is 0.273. The summed E-state index contributed by atoms with van der Waals surface area (Å²) in [6.45, 7) is 5.63. The average Bonchev–Trinajstić information content (AvgIpc) is 2.91. The molecule has 1 amide bonds. The van der Waals surface area contributed by atoms with E-state index < -0.39 is 0 Å². The first-order valence-corrected chi connectivity index (χ1v) is 9.41. The highest BCUT2D eigenvalue weighted by molar-refractivity contribution is 6.30. The molecule has 0 radical (unpaired) electrons. The van der Waals surface area contributed by atoms with Crippen LogP contribution in [-0.4, -0.2) is 66.8 Å². The molecular formula is C19H27ClN2O3. The number of aliphatic hydroxyl groups is 1. The van der Waals surface area contributed by atoms with Gasteiger partial charge in [-0.1, -0.05) is 23.7 Å². The first-order chi connectivity index (χ1) is 12.1. The van der Waals surface area contributed by atoms with Gasteiger partial charge in [0.05, 0.1) is 19.8 Å². The summed E-state index contributed by atoms with van der Waals surface area (Å²) < 4.78 is 5.35. The van der Waals surface area contributed by atoms with Crippen molar-refractivity contribution < 1.29 is 14.6 Å². The van der Waals surface area contributed by atoms with Crippen molar-refractivity contribution >= 4 is 17.5 Å². The second-order valence-electron chi connectivity index (χ2n) is 7.23. The molecule has 0 unspecified atom stereocenters. The number of aliphatic hydroxyl groups excluding tert-OH is 1. The van der Waals surface area contributed by atoms with Crippen LogP contribution >= 0.6 is 11.6 Å². The van der Waals surface area contributed by atoms with E-state index in [1.165, 1.54) is 0 Å². The molecule has 2 aliphatic heterocycles. The third kappa shape index (κ3) is 4.94. The van der Waals surface area contributed by atoms with Crippen molar-refractivity contribution in [3.05, 3.63) is 34.9 Å². The van der Waals surface area contributed by atoms with Crippen molar-refractivity contribution in [2.45, 2.75) is 25.8 Å². The topological polar surface area (TPSA) is 53.0 Å². The molecule has 1 spiro atoms. The number of halogens is 1. The molecule has 0 atom stereocenters. The predicted molar refractivity (Wildman–Crippen MR) is 97.5 cm³/mol. The number of carbonyl (C=O) groups excluding carboxylic acids is 1. The van der Waals surface area contributed by atoms with Gasteiger partial charge in [-0.3, -0.25) is 4.79 Å². The minimum Gasteiger partial charge on any atom is -0.394 e. The molecule has 25 heavy (non-hydrogen) atoms. The van der Waals surface area contributed by atoms with Gasteiger partial charge in [0.25, 0.3) is 0 Å². The van der Waals surface area contributed by atoms with Gasteiger partial charge in [0, 0.05) is 31.1 Å². The summed E-state index contributed by atoms with van der Waals surface area (Å²) in [5, 5.41) is 9.46. The SMILES string of the molecule is O=C1CC2(CCN(CCOCCO)CC2)CN1Cc1ccc(Cl)cc1. The summed E-state index contributed by atoms with van der Waals surface area (Å²) >= 11 is 5.93. The predicted octanol–water partition coefficient (Wildman–Crippen LogP) is 2.16. The van der Waals surface area contributed by atoms with Crippen LogP contribution < -0.4 is 0 Å². The van der Waals surface area contributed by atoms with Crippen LogP contribution in [0.3, 0.4) is 0 Å². The Labute approximate surface area is 154 Å². The van der Waals surface area contributed by atoms with E-state index in [0.717, 1.165) is 49.6 Å². The van der Waals surface area contributed by atoms with E-state index in [4.69, 9.17) is 21.4 Å². The third-order valence-corrected chi connectivity index (χ3v) is 5.65. The summed E-state index contributed by atoms with van der Waals surface area (Å²) in [5.41, 5.74) is 1.28. The molecule has 2 heterocycles. The van der Waals surface area contributed by atoms with Gasteiger partial charge in [-0.25, -0.2) is 0 Å². The molecule has 2 aliphatic rings. The lowest BCUT2D eigenvalue weighted by molar-refractivity contribution is -0.128. The van der Waals surface area contributed by atoms with Crippen LogP contribution in [0.1, 0.15) is 24.8 Å². The number of piperidine rings is 1. The zero-order chi connectivity index (χ0) is 17.7. The molecule has 1 aromatic rings. The maximum Gasteiger partial charge on any atom is 0.223 e. The highest BCUT2D eigenvalue weighted by atomic mass is 35.5. The second-order valence-corrected chi connectivity index (χ2v) is 7.67. The first kappa shape index (κ1) is 18.6. The fourth-order valence-corrected chi connectivity index (χ4v) is 4.01. The van der Waals surface area contributed by atoms with E-state index in [9.17, 15) is 4.79 Å². The Kier molecular flexibility index (Phi) is 6.34. The van der Waals surface area contributed by atoms with Gasteiger partial charge in [0.1, 0.15) is 0 Å². The van der Waals surface area contributed by atoms with Gasteiger partial charge in [-0.2, -0.15) is 0 Å². The van der Waals surface area contributed by atoms with E-state index in [1.54, 1.807) is 0 Å². The molecule has 2 fully saturated rings. The largest absolute Gasteiger partial charge is 0.394 e. The maximum atomic E-state index is 12.5. The number of rotatable bonds is 7. The normalized spacial score (nSPS) is 20.6. The highest BCUT2D eigenvalue weighted by Crippen LogP contribution is 2.41. The first-order valence-electron chi connectivity index (χ1n) is 9.03. The minimum atomic E-state index is 0.0781. The van der Waals surface area contributed by atoms with Crippen LogP contribution in [0, 0.1) is 5.41 Å². The number of benzene rings is 1. The molecule has 3 rings (SSSR count). The van der Waals surface area contributed by atoms with E-state index in [0.29, 0.717) is 26.2 Å². The van der Waals surface area contributed by atoms with Gasteiger partial charge in [-0.15, -0.1) is 0 Å². The number of hydrogen-bond acceptors (Lipinski definition) is 4. The summed E-state index contributed by atoms with van der Waals surface area (Å²) in [6, 6.07) is 7.75. The van der Waals surface area contributed by atoms with Crippen LogP contribution in [0.15, 0.2) is 24.3 Å². The van der Waals surface area contributed by atoms with Gasteiger partial charge in [-0.05, 0) is 49.0 Å². The Morgan fingerprint density at radius 2 is 1.88 bits per heavy atom. The van der Waals surface area contributed by atoms with Crippen molar-refractivity contribution in [2.75, 3.05) is 46.0 Å². The van der Waals surface area contributed by atoms with Crippen LogP contribution in [0.4, 0.5) is 0 Å². The molecular weight excluding hydrogens is 340 g/mol. The molecule has 138 valence electrons. The molecule has 0 aliphatic carbocycles. The van der Waals surface area contributed by atoms with Crippen LogP contribution in [0.25, 0.3) is 0 Å². The Hall–Kier alpha value is -1.14. The van der Waals surface area contributed by atoms with Gasteiger partial charge < -0.3 is 19.6 Å². The maximum absolute atomic E-state index is 12.5. The Bertz CT molecular complexity index is 571. The van der Waals surface area contributed by atoms with Crippen molar-refractivity contribution in [3.63, 3.8) is 0 Å². The van der Waals surface area contributed by atoms with E-state index in [-0.39, 0.29) is 17.9 Å². The Morgan fingerprint density at radius 3 is 2.56 bits per heavy atom. The van der Waals surface area contributed by atoms with Crippen LogP contribution in [-0.2, 0) is 16.1 Å². The average molecular weight is 367 g/mol. The molecule has 0 aromatic heterocycles. The standard InChI is InChI=1S/C19H27ClN2O3/c20-17-3-1-16(2-4-17)14-22-15-19(13-18(22)24)5-7-21(8-6-19)9-11-25-12-10-23/h1-4,23H,5-15H2. The third-order valence-electron chi connectivity index (χ3n) is 5.40. The highest BCUT2D eigenvalue weighted by Gasteiger charge is 2.44. The number of hydrogen-bond donors (Lipinski definition) is 1. The number of carbonyl (C=O) groups is 1. The summed E-state index contributed by atoms with van der Waals surface area (Å²) in [4.78, 5) is 16.9. The van der Waals surface area contributed by atoms with Gasteiger partial charge in [0.15, 0.2) is 0 Å². The quantitative estimate of drug-likeness (QED) is 0.751. The van der Waals surface area contributed by atoms with E-state index in [2.05, 4.69) is 4.90 Å². The molecule has 0 saturated carbocycles. The Balaban J connectivity index is 1.48. The molecule has 2 saturated heterocycles. The summed E-state index contributed by atoms with van der Waals surface area (Å²) in [6.07, 6.45) is 2.81. The zero-order valence-corrected chi connectivity index (χ0v) is 15.4. The second kappa shape index (κ2) is 8.49. The van der Waals surface area contributed by atoms with E-state index in [1.807, 2.05) is 29.2 Å².